The molecule has 0 saturated carbocycles. The van der Waals surface area contributed by atoms with Crippen molar-refractivity contribution in [2.75, 3.05) is 26.4 Å². The molecule has 1 atom stereocenters. The van der Waals surface area contributed by atoms with Crippen molar-refractivity contribution < 1.29 is 14.2 Å². The van der Waals surface area contributed by atoms with Gasteiger partial charge in [0.15, 0.2) is 0 Å². The Morgan fingerprint density at radius 1 is 0.615 bits per heavy atom. The van der Waals surface area contributed by atoms with Crippen LogP contribution in [0.25, 0.3) is 0 Å². The molecule has 26 heavy (non-hydrogen) atoms. The topological polar surface area (TPSA) is 53.7 Å². The Labute approximate surface area is 163 Å². The quantitative estimate of drug-likeness (QED) is 0.209. The molecule has 0 rings (SSSR count). The van der Waals surface area contributed by atoms with Crippen molar-refractivity contribution >= 4 is 0 Å². The summed E-state index contributed by atoms with van der Waals surface area (Å²) in [5, 5.41) is 0. The van der Waals surface area contributed by atoms with E-state index in [1.165, 1.54) is 38.5 Å². The fourth-order valence-corrected chi connectivity index (χ4v) is 3.24. The second-order valence-electron chi connectivity index (χ2n) is 7.33. The van der Waals surface area contributed by atoms with Crippen LogP contribution in [0.1, 0.15) is 105 Å². The molecule has 0 amide bonds. The van der Waals surface area contributed by atoms with Gasteiger partial charge < -0.3 is 19.9 Å². The molecule has 0 radical (unpaired) electrons. The average molecular weight is 374 g/mol. The van der Waals surface area contributed by atoms with Crippen LogP contribution in [0.2, 0.25) is 0 Å². The normalized spacial score (nSPS) is 13.3. The molecule has 1 unspecified atom stereocenters. The highest BCUT2D eigenvalue weighted by Crippen LogP contribution is 2.34. The first-order valence-corrected chi connectivity index (χ1v) is 11.3. The summed E-state index contributed by atoms with van der Waals surface area (Å²) in [5.74, 6) is -0.637. The molecule has 0 aliphatic carbocycles. The summed E-state index contributed by atoms with van der Waals surface area (Å²) >= 11 is 0. The van der Waals surface area contributed by atoms with E-state index >= 15 is 0 Å². The fourth-order valence-electron chi connectivity index (χ4n) is 3.24. The summed E-state index contributed by atoms with van der Waals surface area (Å²) in [6.45, 7) is 11.4. The van der Waals surface area contributed by atoms with E-state index in [0.717, 1.165) is 38.5 Å². The van der Waals surface area contributed by atoms with E-state index in [9.17, 15) is 0 Å². The molecule has 0 saturated heterocycles. The zero-order valence-corrected chi connectivity index (χ0v) is 18.2. The molecule has 0 heterocycles. The van der Waals surface area contributed by atoms with E-state index in [1.807, 2.05) is 0 Å². The second kappa shape index (κ2) is 18.2. The van der Waals surface area contributed by atoms with Crippen LogP contribution < -0.4 is 5.73 Å². The zero-order valence-electron chi connectivity index (χ0n) is 18.2. The molecule has 0 aromatic rings. The van der Waals surface area contributed by atoms with Gasteiger partial charge in [-0.05, 0) is 45.1 Å². The Balaban J connectivity index is 4.98. The van der Waals surface area contributed by atoms with Gasteiger partial charge in [0.25, 0.3) is 5.97 Å². The molecule has 4 nitrogen and oxygen atoms in total. The predicted molar refractivity (Wildman–Crippen MR) is 111 cm³/mol. The van der Waals surface area contributed by atoms with Gasteiger partial charge in [0.05, 0.1) is 19.8 Å². The van der Waals surface area contributed by atoms with Crippen molar-refractivity contribution in [2.45, 2.75) is 111 Å². The maximum atomic E-state index is 6.25. The Bertz CT molecular complexity index is 265. The van der Waals surface area contributed by atoms with Crippen molar-refractivity contribution in [3.05, 3.63) is 0 Å². The number of hydrogen-bond acceptors (Lipinski definition) is 4. The van der Waals surface area contributed by atoms with E-state index in [1.54, 1.807) is 0 Å². The molecule has 0 fully saturated rings. The maximum absolute atomic E-state index is 6.25. The van der Waals surface area contributed by atoms with Gasteiger partial charge in [0.2, 0.25) is 0 Å². The molecule has 0 aliphatic heterocycles. The summed E-state index contributed by atoms with van der Waals surface area (Å²) in [6, 6.07) is 0. The van der Waals surface area contributed by atoms with Crippen molar-refractivity contribution in [2.24, 2.45) is 11.7 Å². The van der Waals surface area contributed by atoms with Crippen LogP contribution in [-0.4, -0.2) is 32.3 Å². The molecule has 0 aromatic carbocycles. The van der Waals surface area contributed by atoms with Gasteiger partial charge in [-0.1, -0.05) is 66.2 Å². The average Bonchev–Trinajstić information content (AvgIpc) is 2.67. The van der Waals surface area contributed by atoms with Crippen LogP contribution >= 0.6 is 0 Å². The third kappa shape index (κ3) is 11.5. The second-order valence-corrected chi connectivity index (χ2v) is 7.33. The lowest BCUT2D eigenvalue weighted by molar-refractivity contribution is -0.406. The van der Waals surface area contributed by atoms with Crippen molar-refractivity contribution in [1.29, 1.82) is 0 Å². The van der Waals surface area contributed by atoms with Gasteiger partial charge in [-0.3, -0.25) is 0 Å². The smallest absolute Gasteiger partial charge is 0.285 e. The van der Waals surface area contributed by atoms with E-state index in [2.05, 4.69) is 27.7 Å². The van der Waals surface area contributed by atoms with Gasteiger partial charge in [0, 0.05) is 5.92 Å². The van der Waals surface area contributed by atoms with Gasteiger partial charge in [-0.2, -0.15) is 0 Å². The minimum Gasteiger partial charge on any atom is -0.330 e. The van der Waals surface area contributed by atoms with Crippen LogP contribution in [0.3, 0.4) is 0 Å². The van der Waals surface area contributed by atoms with Gasteiger partial charge in [-0.25, -0.2) is 0 Å². The fraction of sp³-hybridized carbons (Fsp3) is 1.00. The van der Waals surface area contributed by atoms with Crippen LogP contribution in [0.4, 0.5) is 0 Å². The standard InChI is InChI=1S/C22H47NO3/c1-5-9-10-11-12-13-15-21(16-14-17-23)22(24-18-6-2,25-19-7-3)26-20-8-4/h21H,5-20,23H2,1-4H3. The van der Waals surface area contributed by atoms with E-state index in [-0.39, 0.29) is 5.92 Å². The van der Waals surface area contributed by atoms with Crippen molar-refractivity contribution in [1.82, 2.24) is 0 Å². The summed E-state index contributed by atoms with van der Waals surface area (Å²) in [4.78, 5) is 0. The highest BCUT2D eigenvalue weighted by atomic mass is 16.9. The number of unbranched alkanes of at least 4 members (excludes halogenated alkanes) is 5. The summed E-state index contributed by atoms with van der Waals surface area (Å²) in [7, 11) is 0. The Kier molecular flexibility index (Phi) is 18.1. The summed E-state index contributed by atoms with van der Waals surface area (Å²) < 4.78 is 18.8. The maximum Gasteiger partial charge on any atom is 0.285 e. The molecule has 0 spiro atoms. The number of rotatable bonds is 20. The lowest BCUT2D eigenvalue weighted by atomic mass is 9.92. The molecule has 0 bridgehead atoms. The van der Waals surface area contributed by atoms with Gasteiger partial charge in [-0.15, -0.1) is 0 Å². The first kappa shape index (κ1) is 25.8. The third-order valence-corrected chi connectivity index (χ3v) is 4.68. The molecule has 0 aromatic heterocycles. The van der Waals surface area contributed by atoms with Crippen molar-refractivity contribution in [3.8, 4) is 0 Å². The Hall–Kier alpha value is -0.160. The Morgan fingerprint density at radius 2 is 1.08 bits per heavy atom. The largest absolute Gasteiger partial charge is 0.330 e. The van der Waals surface area contributed by atoms with E-state index in [0.29, 0.717) is 26.4 Å². The monoisotopic (exact) mass is 373 g/mol. The summed E-state index contributed by atoms with van der Waals surface area (Å²) in [6.07, 6.45) is 13.8. The molecule has 158 valence electrons. The first-order valence-electron chi connectivity index (χ1n) is 11.3. The SMILES string of the molecule is CCCCCCCCC(CCCN)C(OCCC)(OCCC)OCCC. The number of nitrogens with two attached hydrogens (primary N) is 1. The first-order chi connectivity index (χ1) is 12.7. The highest BCUT2D eigenvalue weighted by Gasteiger charge is 2.41. The zero-order chi connectivity index (χ0) is 19.5. The number of ether oxygens (including phenoxy) is 3. The van der Waals surface area contributed by atoms with Crippen LogP contribution in [0.5, 0.6) is 0 Å². The minimum atomic E-state index is -0.888. The summed E-state index contributed by atoms with van der Waals surface area (Å²) in [5.41, 5.74) is 5.81. The van der Waals surface area contributed by atoms with Crippen LogP contribution in [-0.2, 0) is 14.2 Å². The van der Waals surface area contributed by atoms with E-state index in [4.69, 9.17) is 19.9 Å². The molecular formula is C22H47NO3. The van der Waals surface area contributed by atoms with E-state index < -0.39 is 5.97 Å². The van der Waals surface area contributed by atoms with Crippen LogP contribution in [0, 0.1) is 5.92 Å². The minimum absolute atomic E-state index is 0.252. The van der Waals surface area contributed by atoms with Gasteiger partial charge >= 0.3 is 0 Å². The molecule has 2 N–H and O–H groups in total. The predicted octanol–water partition coefficient (Wildman–Crippen LogP) is 6.03. The van der Waals surface area contributed by atoms with Crippen LogP contribution in [0.15, 0.2) is 0 Å². The Morgan fingerprint density at radius 3 is 1.54 bits per heavy atom. The van der Waals surface area contributed by atoms with Gasteiger partial charge in [0.1, 0.15) is 0 Å². The lowest BCUT2D eigenvalue weighted by Gasteiger charge is -2.40. The molecular weight excluding hydrogens is 326 g/mol. The molecule has 4 heteroatoms. The highest BCUT2D eigenvalue weighted by molar-refractivity contribution is 4.73. The third-order valence-electron chi connectivity index (χ3n) is 4.68. The lowest BCUT2D eigenvalue weighted by Crippen LogP contribution is -2.47. The number of hydrogen-bond donors (Lipinski definition) is 1. The molecule has 0 aliphatic rings. The van der Waals surface area contributed by atoms with Crippen molar-refractivity contribution in [3.63, 3.8) is 0 Å².